The molecule has 0 aromatic heterocycles. The Morgan fingerprint density at radius 2 is 1.20 bits per heavy atom. The van der Waals surface area contributed by atoms with Crippen molar-refractivity contribution in [3.63, 3.8) is 0 Å². The number of carbonyl (C=O) groups is 2. The third-order valence-electron chi connectivity index (χ3n) is 21.4. The molecule has 4 saturated carbocycles. The highest BCUT2D eigenvalue weighted by molar-refractivity contribution is 5.90. The van der Waals surface area contributed by atoms with E-state index < -0.39 is 190 Å². The summed E-state index contributed by atoms with van der Waals surface area (Å²) in [5, 5.41) is 152. The summed E-state index contributed by atoms with van der Waals surface area (Å²) in [5.41, 5.74) is -1.73. The van der Waals surface area contributed by atoms with Gasteiger partial charge in [-0.15, -0.1) is 0 Å². The highest BCUT2D eigenvalue weighted by Crippen LogP contribution is 2.76. The van der Waals surface area contributed by atoms with E-state index in [0.717, 1.165) is 24.8 Å². The van der Waals surface area contributed by atoms with E-state index in [1.54, 1.807) is 0 Å². The SMILES string of the molecule is CC(C)=CCC[C@](C)(O[C@@H]1O[C@H](CO[C@@H]2O[C@@H](C)[C@H](O)[C@@H](O)[C@H]2O)[C@@H](O)[C@H](O)[C@H]1O)[C@H]1CC[C@]2(C)[C@@H]1[C@H](O)C[C@@H]1[C@@]3(C)CC[C@H](O[C@@H]4O[C@H](CO)[C@@H](O)[C@H](O)[C@H]4O[C@@H]4O[C@H](COC(=O)CC(=O)O)[C@@H](O)[C@H](O)[C@H]4O)C(C)(C)[C@@H]3CC[C@]12C. The lowest BCUT2D eigenvalue weighted by Crippen LogP contribution is -2.68. The zero-order valence-corrected chi connectivity index (χ0v) is 48.5. The second-order valence-corrected chi connectivity index (χ2v) is 26.8. The number of aliphatic carboxylic acids is 1. The second-order valence-electron chi connectivity index (χ2n) is 26.8. The van der Waals surface area contributed by atoms with Crippen LogP contribution in [0.2, 0.25) is 0 Å². The molecule has 82 heavy (non-hydrogen) atoms. The second kappa shape index (κ2) is 25.1. The molecule has 0 unspecified atom stereocenters. The molecule has 30 atom stereocenters. The van der Waals surface area contributed by atoms with Crippen molar-refractivity contribution in [2.45, 2.75) is 267 Å². The summed E-state index contributed by atoms with van der Waals surface area (Å²) >= 11 is 0. The maximum Gasteiger partial charge on any atom is 0.317 e. The van der Waals surface area contributed by atoms with E-state index in [2.05, 4.69) is 40.7 Å². The molecule has 0 amide bonds. The third-order valence-corrected chi connectivity index (χ3v) is 21.4. The van der Waals surface area contributed by atoms with Gasteiger partial charge in [-0.1, -0.05) is 46.3 Å². The molecular weight excluding hydrogens is 1080 g/mol. The van der Waals surface area contributed by atoms with Crippen molar-refractivity contribution in [3.05, 3.63) is 11.6 Å². The van der Waals surface area contributed by atoms with E-state index in [0.29, 0.717) is 38.5 Å². The van der Waals surface area contributed by atoms with Gasteiger partial charge in [0, 0.05) is 0 Å². The highest BCUT2D eigenvalue weighted by atomic mass is 16.8. The molecule has 25 heteroatoms. The molecule has 4 aliphatic heterocycles. The molecule has 14 N–H and O–H groups in total. The first-order chi connectivity index (χ1) is 38.3. The fraction of sp³-hybridized carbons (Fsp3) is 0.930. The van der Waals surface area contributed by atoms with Gasteiger partial charge in [-0.2, -0.15) is 0 Å². The molecule has 472 valence electrons. The summed E-state index contributed by atoms with van der Waals surface area (Å²) in [6, 6.07) is 0. The van der Waals surface area contributed by atoms with Gasteiger partial charge in [-0.05, 0) is 131 Å². The van der Waals surface area contributed by atoms with Crippen molar-refractivity contribution >= 4 is 11.9 Å². The number of rotatable bonds is 18. The van der Waals surface area contributed by atoms with E-state index >= 15 is 0 Å². The number of hydrogen-bond donors (Lipinski definition) is 14. The van der Waals surface area contributed by atoms with Gasteiger partial charge in [0.25, 0.3) is 0 Å². The number of ether oxygens (including phenoxy) is 9. The number of esters is 1. The summed E-state index contributed by atoms with van der Waals surface area (Å²) in [6.07, 6.45) is -26.6. The number of carboxylic acid groups (broad SMARTS) is 1. The van der Waals surface area contributed by atoms with Gasteiger partial charge in [0.2, 0.25) is 0 Å². The lowest BCUT2D eigenvalue weighted by molar-refractivity contribution is -0.378. The van der Waals surface area contributed by atoms with Crippen LogP contribution >= 0.6 is 0 Å². The molecule has 8 fully saturated rings. The summed E-state index contributed by atoms with van der Waals surface area (Å²) in [6.45, 7) is 16.6. The van der Waals surface area contributed by atoms with Gasteiger partial charge in [0.1, 0.15) is 105 Å². The molecule has 4 aliphatic carbocycles. The summed E-state index contributed by atoms with van der Waals surface area (Å²) < 4.78 is 54.3. The minimum Gasteiger partial charge on any atom is -0.481 e. The Balaban J connectivity index is 0.998. The van der Waals surface area contributed by atoms with Crippen LogP contribution in [0.1, 0.15) is 127 Å². The standard InChI is InChI=1S/C57H94O25/c1-24(2)11-10-15-57(9,82-51-47(73)43(69)40(66)30(79-51)23-75-49-45(71)41(67)37(63)25(3)76-49)26-12-17-56(8)36(26)27(59)19-32-54(6)16-14-33(53(4,5)31(54)13-18-55(32,56)7)80-52-48(44(70)38(64)28(21-58)77-52)81-50-46(72)42(68)39(65)29(78-50)22-74-35(62)20-34(60)61/h11,25-33,36-52,58-59,63-73H,10,12-23H2,1-9H3,(H,60,61)/t25-,26-,27+,28+,29+,30+,31-,32+,33-,36-,37-,38+,39+,40+,41+,42-,43-,44-,45+,46+,47+,48+,49+,50-,51-,52-,54-,55+,56+,57-/m0/s1. The molecule has 8 rings (SSSR count). The molecule has 25 nitrogen and oxygen atoms in total. The zero-order valence-electron chi connectivity index (χ0n) is 48.5. The fourth-order valence-corrected chi connectivity index (χ4v) is 16.5. The van der Waals surface area contributed by atoms with Gasteiger partial charge in [-0.3, -0.25) is 9.59 Å². The van der Waals surface area contributed by atoms with E-state index in [1.165, 1.54) is 6.92 Å². The van der Waals surface area contributed by atoms with Crippen LogP contribution in [0.3, 0.4) is 0 Å². The molecule has 0 aromatic rings. The van der Waals surface area contributed by atoms with Crippen molar-refractivity contribution in [1.82, 2.24) is 0 Å². The smallest absolute Gasteiger partial charge is 0.317 e. The first kappa shape index (κ1) is 65.8. The van der Waals surface area contributed by atoms with Crippen molar-refractivity contribution in [1.29, 1.82) is 0 Å². The van der Waals surface area contributed by atoms with Crippen molar-refractivity contribution < 1.29 is 124 Å². The van der Waals surface area contributed by atoms with E-state index in [1.807, 2.05) is 20.8 Å². The lowest BCUT2D eigenvalue weighted by atomic mass is 9.35. The Kier molecular flexibility index (Phi) is 20.2. The van der Waals surface area contributed by atoms with Gasteiger partial charge >= 0.3 is 11.9 Å². The fourth-order valence-electron chi connectivity index (χ4n) is 16.5. The van der Waals surface area contributed by atoms with Crippen LogP contribution in [0, 0.1) is 45.3 Å². The quantitative estimate of drug-likeness (QED) is 0.0333. The lowest BCUT2D eigenvalue weighted by Gasteiger charge is -2.71. The number of carbonyl (C=O) groups excluding carboxylic acids is 1. The average Bonchev–Trinajstić information content (AvgIpc) is 1.26. The normalized spacial score (nSPS) is 50.0. The molecule has 0 spiro atoms. The van der Waals surface area contributed by atoms with Gasteiger partial charge in [-0.25, -0.2) is 0 Å². The highest BCUT2D eigenvalue weighted by Gasteiger charge is 2.72. The van der Waals surface area contributed by atoms with Crippen molar-refractivity contribution in [2.75, 3.05) is 19.8 Å². The monoisotopic (exact) mass is 1180 g/mol. The van der Waals surface area contributed by atoms with Crippen LogP contribution in [0.25, 0.3) is 0 Å². The molecule has 0 aromatic carbocycles. The summed E-state index contributed by atoms with van der Waals surface area (Å²) in [5.74, 6) is -3.19. The number of aliphatic hydroxyl groups excluding tert-OH is 13. The van der Waals surface area contributed by atoms with Gasteiger partial charge in [0.05, 0.1) is 37.1 Å². The topological polar surface area (TPSA) is 400 Å². The van der Waals surface area contributed by atoms with Crippen LogP contribution in [-0.4, -0.2) is 244 Å². The largest absolute Gasteiger partial charge is 0.481 e. The minimum absolute atomic E-state index is 0.00692. The van der Waals surface area contributed by atoms with Crippen molar-refractivity contribution in [2.24, 2.45) is 45.3 Å². The number of allylic oxidation sites excluding steroid dienone is 2. The average molecular weight is 1180 g/mol. The Morgan fingerprint density at radius 3 is 1.83 bits per heavy atom. The van der Waals surface area contributed by atoms with Crippen LogP contribution in [0.4, 0.5) is 0 Å². The van der Waals surface area contributed by atoms with E-state index in [-0.39, 0.29) is 34.5 Å². The summed E-state index contributed by atoms with van der Waals surface area (Å²) in [4.78, 5) is 23.1. The maximum absolute atomic E-state index is 12.9. The number of carboxylic acids is 1. The van der Waals surface area contributed by atoms with Gasteiger partial charge in [0.15, 0.2) is 25.2 Å². The van der Waals surface area contributed by atoms with Crippen molar-refractivity contribution in [3.8, 4) is 0 Å². The first-order valence-electron chi connectivity index (χ1n) is 29.3. The first-order valence-corrected chi connectivity index (χ1v) is 29.3. The number of aliphatic hydroxyl groups is 13. The predicted molar refractivity (Wildman–Crippen MR) is 281 cm³/mol. The molecule has 0 radical (unpaired) electrons. The third kappa shape index (κ3) is 12.1. The Bertz CT molecular complexity index is 2220. The number of hydrogen-bond acceptors (Lipinski definition) is 24. The molecule has 8 aliphatic rings. The molecule has 0 bridgehead atoms. The molecule has 4 heterocycles. The summed E-state index contributed by atoms with van der Waals surface area (Å²) in [7, 11) is 0. The van der Waals surface area contributed by atoms with Crippen LogP contribution in [0.5, 0.6) is 0 Å². The minimum atomic E-state index is -1.95. The zero-order chi connectivity index (χ0) is 60.5. The predicted octanol–water partition coefficient (Wildman–Crippen LogP) is -1.15. The number of fused-ring (bicyclic) bond motifs is 5. The van der Waals surface area contributed by atoms with E-state index in [4.69, 9.17) is 47.7 Å². The van der Waals surface area contributed by atoms with E-state index in [9.17, 15) is 76.0 Å². The Morgan fingerprint density at radius 1 is 0.622 bits per heavy atom. The van der Waals surface area contributed by atoms with Crippen LogP contribution in [-0.2, 0) is 52.2 Å². The van der Waals surface area contributed by atoms with Crippen LogP contribution < -0.4 is 0 Å². The Hall–Kier alpha value is -2.16. The Labute approximate surface area is 478 Å². The molecule has 4 saturated heterocycles. The van der Waals surface area contributed by atoms with Gasteiger partial charge < -0.3 is 114 Å². The maximum atomic E-state index is 12.9. The molecular formula is C57H94O25. The van der Waals surface area contributed by atoms with Crippen LogP contribution in [0.15, 0.2) is 11.6 Å².